The van der Waals surface area contributed by atoms with Crippen LogP contribution in [0.3, 0.4) is 0 Å². The summed E-state index contributed by atoms with van der Waals surface area (Å²) >= 11 is 0. The van der Waals surface area contributed by atoms with Gasteiger partial charge in [-0.3, -0.25) is 0 Å². The highest BCUT2D eigenvalue weighted by Gasteiger charge is 2.14. The van der Waals surface area contributed by atoms with Gasteiger partial charge in [0.15, 0.2) is 0 Å². The van der Waals surface area contributed by atoms with Crippen LogP contribution in [0.5, 0.6) is 0 Å². The second kappa shape index (κ2) is 7.07. The van der Waals surface area contributed by atoms with E-state index < -0.39 is 5.60 Å². The third-order valence-electron chi connectivity index (χ3n) is 1.55. The molecule has 0 amide bonds. The molecule has 0 aromatic rings. The van der Waals surface area contributed by atoms with Crippen molar-refractivity contribution in [3.05, 3.63) is 0 Å². The van der Waals surface area contributed by atoms with Gasteiger partial charge in [0, 0.05) is 0 Å². The van der Waals surface area contributed by atoms with Crippen molar-refractivity contribution in [1.29, 1.82) is 0 Å². The summed E-state index contributed by atoms with van der Waals surface area (Å²) in [6.45, 7) is 9.98. The number of aliphatic hydroxyl groups is 1. The van der Waals surface area contributed by atoms with E-state index in [0.29, 0.717) is 0 Å². The molecule has 0 bridgehead atoms. The highest BCUT2D eigenvalue weighted by molar-refractivity contribution is 4.67. The van der Waals surface area contributed by atoms with E-state index in [1.165, 1.54) is 0 Å². The summed E-state index contributed by atoms with van der Waals surface area (Å²) in [5, 5.41) is 9.32. The van der Waals surface area contributed by atoms with Crippen LogP contribution in [-0.4, -0.2) is 10.7 Å². The molecule has 0 rings (SSSR count). The van der Waals surface area contributed by atoms with Crippen LogP contribution in [0.1, 0.15) is 53.9 Å². The first-order valence-electron chi connectivity index (χ1n) is 4.34. The Balaban J connectivity index is 0. The van der Waals surface area contributed by atoms with Gasteiger partial charge in [-0.2, -0.15) is 0 Å². The predicted octanol–water partition coefficient (Wildman–Crippen LogP) is 2.97. The molecule has 1 nitrogen and oxygen atoms in total. The van der Waals surface area contributed by atoms with E-state index in [4.69, 9.17) is 0 Å². The lowest BCUT2D eigenvalue weighted by atomic mass is 9.98. The highest BCUT2D eigenvalue weighted by atomic mass is 16.3. The van der Waals surface area contributed by atoms with E-state index in [9.17, 15) is 5.11 Å². The summed E-state index contributed by atoms with van der Waals surface area (Å²) in [6.07, 6.45) is 2.85. The Kier molecular flexibility index (Phi) is 8.92. The van der Waals surface area contributed by atoms with E-state index in [1.807, 2.05) is 27.7 Å². The molecule has 0 heterocycles. The molecular formula is C9H22O. The fraction of sp³-hybridized carbons (Fsp3) is 1.00. The molecule has 0 fully saturated rings. The Bertz CT molecular complexity index is 57.7. The molecule has 0 aliphatic rings. The van der Waals surface area contributed by atoms with E-state index in [2.05, 4.69) is 6.92 Å². The summed E-state index contributed by atoms with van der Waals surface area (Å²) in [4.78, 5) is 0. The lowest BCUT2D eigenvalue weighted by Gasteiger charge is -2.19. The minimum atomic E-state index is -0.408. The van der Waals surface area contributed by atoms with Gasteiger partial charge in [-0.05, 0) is 19.8 Å². The van der Waals surface area contributed by atoms with Gasteiger partial charge in [0.05, 0.1) is 5.60 Å². The van der Waals surface area contributed by atoms with Crippen LogP contribution < -0.4 is 0 Å². The van der Waals surface area contributed by atoms with Gasteiger partial charge in [-0.1, -0.05) is 34.1 Å². The maximum atomic E-state index is 9.32. The normalized spacial score (nSPS) is 15.0. The molecule has 1 N–H and O–H groups in total. The molecule has 0 aromatic carbocycles. The van der Waals surface area contributed by atoms with Crippen LogP contribution in [0, 0.1) is 0 Å². The quantitative estimate of drug-likeness (QED) is 0.649. The first-order chi connectivity index (χ1) is 4.62. The summed E-state index contributed by atoms with van der Waals surface area (Å²) in [5.41, 5.74) is -0.408. The number of hydrogen-bond acceptors (Lipinski definition) is 1. The van der Waals surface area contributed by atoms with Crippen molar-refractivity contribution in [2.75, 3.05) is 0 Å². The van der Waals surface area contributed by atoms with Crippen LogP contribution in [0.4, 0.5) is 0 Å². The lowest BCUT2D eigenvalue weighted by molar-refractivity contribution is 0.0463. The summed E-state index contributed by atoms with van der Waals surface area (Å²) in [5.74, 6) is 0. The smallest absolute Gasteiger partial charge is 0.0617 e. The van der Waals surface area contributed by atoms with Gasteiger partial charge in [-0.25, -0.2) is 0 Å². The third kappa shape index (κ3) is 7.96. The molecule has 0 saturated carbocycles. The first kappa shape index (κ1) is 12.6. The van der Waals surface area contributed by atoms with Crippen molar-refractivity contribution in [3.8, 4) is 0 Å². The Morgan fingerprint density at radius 2 is 1.60 bits per heavy atom. The minimum absolute atomic E-state index is 0.408. The summed E-state index contributed by atoms with van der Waals surface area (Å²) in [6, 6.07) is 0. The molecule has 1 heteroatoms. The van der Waals surface area contributed by atoms with Gasteiger partial charge < -0.3 is 5.11 Å². The van der Waals surface area contributed by atoms with E-state index >= 15 is 0 Å². The Morgan fingerprint density at radius 1 is 1.20 bits per heavy atom. The average Bonchev–Trinajstić information content (AvgIpc) is 1.93. The Morgan fingerprint density at radius 3 is 1.70 bits per heavy atom. The third-order valence-corrected chi connectivity index (χ3v) is 1.55. The topological polar surface area (TPSA) is 20.2 Å². The zero-order valence-electron chi connectivity index (χ0n) is 8.07. The highest BCUT2D eigenvalue weighted by Crippen LogP contribution is 2.14. The summed E-state index contributed by atoms with van der Waals surface area (Å²) in [7, 11) is 0. The van der Waals surface area contributed by atoms with Crippen molar-refractivity contribution in [3.63, 3.8) is 0 Å². The molecule has 0 aliphatic heterocycles. The summed E-state index contributed by atoms with van der Waals surface area (Å²) < 4.78 is 0. The molecule has 1 atom stereocenters. The second-order valence-corrected chi connectivity index (χ2v) is 2.60. The number of hydrogen-bond donors (Lipinski definition) is 1. The molecule has 0 radical (unpaired) electrons. The molecule has 0 aliphatic carbocycles. The molecule has 10 heavy (non-hydrogen) atoms. The van der Waals surface area contributed by atoms with Crippen LogP contribution in [0.2, 0.25) is 0 Å². The maximum Gasteiger partial charge on any atom is 0.0617 e. The average molecular weight is 146 g/mol. The molecule has 0 spiro atoms. The van der Waals surface area contributed by atoms with Crippen LogP contribution in [0.15, 0.2) is 0 Å². The van der Waals surface area contributed by atoms with Crippen molar-refractivity contribution in [2.45, 2.75) is 59.5 Å². The van der Waals surface area contributed by atoms with Crippen molar-refractivity contribution in [1.82, 2.24) is 0 Å². The monoisotopic (exact) mass is 146 g/mol. The lowest BCUT2D eigenvalue weighted by Crippen LogP contribution is -2.21. The van der Waals surface area contributed by atoms with E-state index in [-0.39, 0.29) is 0 Å². The molecule has 0 saturated heterocycles. The van der Waals surface area contributed by atoms with Crippen LogP contribution >= 0.6 is 0 Å². The van der Waals surface area contributed by atoms with Gasteiger partial charge in [0.1, 0.15) is 0 Å². The SMILES string of the molecule is CC.CCCC(C)(O)CC. The molecule has 0 aromatic heterocycles. The fourth-order valence-electron chi connectivity index (χ4n) is 0.715. The molecule has 1 unspecified atom stereocenters. The number of rotatable bonds is 3. The van der Waals surface area contributed by atoms with Gasteiger partial charge >= 0.3 is 0 Å². The van der Waals surface area contributed by atoms with Crippen molar-refractivity contribution in [2.24, 2.45) is 0 Å². The predicted molar refractivity (Wildman–Crippen MR) is 47.2 cm³/mol. The van der Waals surface area contributed by atoms with Gasteiger partial charge in [0.25, 0.3) is 0 Å². The standard InChI is InChI=1S/C7H16O.C2H6/c1-4-6-7(3,8)5-2;1-2/h8H,4-6H2,1-3H3;1-2H3. The second-order valence-electron chi connectivity index (χ2n) is 2.60. The van der Waals surface area contributed by atoms with Crippen LogP contribution in [-0.2, 0) is 0 Å². The molecule has 64 valence electrons. The van der Waals surface area contributed by atoms with Crippen molar-refractivity contribution >= 4 is 0 Å². The molecular weight excluding hydrogens is 124 g/mol. The first-order valence-corrected chi connectivity index (χ1v) is 4.34. The Labute approximate surface area is 65.5 Å². The van der Waals surface area contributed by atoms with E-state index in [0.717, 1.165) is 19.3 Å². The van der Waals surface area contributed by atoms with Crippen molar-refractivity contribution < 1.29 is 5.11 Å². The van der Waals surface area contributed by atoms with Gasteiger partial charge in [0.2, 0.25) is 0 Å². The van der Waals surface area contributed by atoms with E-state index in [1.54, 1.807) is 0 Å². The van der Waals surface area contributed by atoms with Gasteiger partial charge in [-0.15, -0.1) is 0 Å². The van der Waals surface area contributed by atoms with Crippen LogP contribution in [0.25, 0.3) is 0 Å². The minimum Gasteiger partial charge on any atom is -0.390 e. The largest absolute Gasteiger partial charge is 0.390 e. The maximum absolute atomic E-state index is 9.32. The Hall–Kier alpha value is -0.0400. The zero-order valence-corrected chi connectivity index (χ0v) is 8.07. The fourth-order valence-corrected chi connectivity index (χ4v) is 0.715. The zero-order chi connectivity index (χ0) is 8.62.